The normalized spacial score (nSPS) is 15.6. The van der Waals surface area contributed by atoms with Crippen LogP contribution in [0.2, 0.25) is 0 Å². The maximum absolute atomic E-state index is 13.7. The van der Waals surface area contributed by atoms with Gasteiger partial charge in [0.1, 0.15) is 17.9 Å². The van der Waals surface area contributed by atoms with Gasteiger partial charge in [0.15, 0.2) is 0 Å². The number of benzene rings is 2. The Morgan fingerprint density at radius 2 is 1.61 bits per heavy atom. The molecule has 1 aliphatic carbocycles. The Morgan fingerprint density at radius 3 is 2.25 bits per heavy atom. The number of nitrogens with one attached hydrogen (secondary N) is 5. The first-order chi connectivity index (χ1) is 32.0. The Kier molecular flexibility index (Phi) is 18.3. The summed E-state index contributed by atoms with van der Waals surface area (Å²) in [5, 5.41) is 23.4. The Labute approximate surface area is 390 Å². The van der Waals surface area contributed by atoms with Crippen LogP contribution in [-0.2, 0) is 45.5 Å². The SMILES string of the molecule is CCCN(CCO)C(=O)C1=Cc2ccc(C3(C(=O)NCc4ccc(NC(=O)C(CCCNC(N)=O)NC(=O)C(NC(=O)CCCCCN5C(=O)C=CC5=O)C(C)C)cc4)CC3)cc2N=C(N)C1. The predicted octanol–water partition coefficient (Wildman–Crippen LogP) is 2.54. The van der Waals surface area contributed by atoms with E-state index in [-0.39, 0.29) is 93.3 Å². The zero-order chi connectivity index (χ0) is 48.7. The zero-order valence-electron chi connectivity index (χ0n) is 38.5. The Balaban J connectivity index is 1.15. The number of fused-ring (bicyclic) bond motifs is 1. The highest BCUT2D eigenvalue weighted by molar-refractivity contribution is 6.13. The van der Waals surface area contributed by atoms with Crippen molar-refractivity contribution in [3.63, 3.8) is 0 Å². The van der Waals surface area contributed by atoms with Crippen LogP contribution in [0.25, 0.3) is 6.08 Å². The van der Waals surface area contributed by atoms with E-state index in [1.807, 2.05) is 25.1 Å². The molecule has 360 valence electrons. The fourth-order valence-electron chi connectivity index (χ4n) is 8.01. The first-order valence-electron chi connectivity index (χ1n) is 23.0. The molecule has 2 aromatic carbocycles. The third kappa shape index (κ3) is 14.3. The molecule has 2 aromatic rings. The topological polar surface area (TPSA) is 288 Å². The van der Waals surface area contributed by atoms with Gasteiger partial charge < -0.3 is 48.1 Å². The van der Waals surface area contributed by atoms with Crippen LogP contribution in [0.4, 0.5) is 16.2 Å². The van der Waals surface area contributed by atoms with Crippen LogP contribution < -0.4 is 38.1 Å². The number of carbonyl (C=O) groups is 8. The van der Waals surface area contributed by atoms with Crippen molar-refractivity contribution >= 4 is 70.7 Å². The molecular weight excluding hydrogens is 861 g/mol. The van der Waals surface area contributed by atoms with Crippen molar-refractivity contribution in [2.45, 2.75) is 109 Å². The summed E-state index contributed by atoms with van der Waals surface area (Å²) in [4.78, 5) is 109. The van der Waals surface area contributed by atoms with Gasteiger partial charge >= 0.3 is 6.03 Å². The van der Waals surface area contributed by atoms with Crippen molar-refractivity contribution in [2.75, 3.05) is 38.1 Å². The van der Waals surface area contributed by atoms with Crippen molar-refractivity contribution in [3.8, 4) is 0 Å². The van der Waals surface area contributed by atoms with E-state index in [1.165, 1.54) is 12.2 Å². The lowest BCUT2D eigenvalue weighted by atomic mass is 9.92. The Bertz CT molecular complexity index is 2240. The number of imide groups is 1. The third-order valence-corrected chi connectivity index (χ3v) is 11.9. The molecule has 9 amide bonds. The molecule has 0 spiro atoms. The van der Waals surface area contributed by atoms with Crippen molar-refractivity contribution in [1.29, 1.82) is 0 Å². The fraction of sp³-hybridized carbons (Fsp3) is 0.479. The first kappa shape index (κ1) is 51.1. The van der Waals surface area contributed by atoms with E-state index in [1.54, 1.807) is 49.1 Å². The van der Waals surface area contributed by atoms with E-state index in [2.05, 4.69) is 31.6 Å². The number of nitrogens with two attached hydrogens (primary N) is 2. The van der Waals surface area contributed by atoms with Gasteiger partial charge in [-0.3, -0.25) is 38.5 Å². The van der Waals surface area contributed by atoms with E-state index < -0.39 is 35.3 Å². The lowest BCUT2D eigenvalue weighted by molar-refractivity contribution is -0.137. The molecule has 0 saturated heterocycles. The minimum Gasteiger partial charge on any atom is -0.395 e. The molecule has 0 radical (unpaired) electrons. The van der Waals surface area contributed by atoms with Gasteiger partial charge in [-0.2, -0.15) is 0 Å². The van der Waals surface area contributed by atoms with Gasteiger partial charge in [-0.25, -0.2) is 9.79 Å². The lowest BCUT2D eigenvalue weighted by Gasteiger charge is -2.25. The third-order valence-electron chi connectivity index (χ3n) is 11.9. The molecular formula is C48H64N10O9. The number of urea groups is 1. The van der Waals surface area contributed by atoms with Crippen LogP contribution in [0.3, 0.4) is 0 Å². The number of aliphatic hydroxyl groups excluding tert-OH is 1. The summed E-state index contributed by atoms with van der Waals surface area (Å²) < 4.78 is 0. The molecule has 19 heteroatoms. The second-order valence-corrected chi connectivity index (χ2v) is 17.4. The van der Waals surface area contributed by atoms with Gasteiger partial charge in [0.2, 0.25) is 29.5 Å². The number of amides is 9. The van der Waals surface area contributed by atoms with Gasteiger partial charge in [-0.05, 0) is 86.3 Å². The molecule has 1 fully saturated rings. The summed E-state index contributed by atoms with van der Waals surface area (Å²) in [5.41, 5.74) is 14.5. The fourth-order valence-corrected chi connectivity index (χ4v) is 8.01. The number of anilines is 1. The predicted molar refractivity (Wildman–Crippen MR) is 252 cm³/mol. The maximum Gasteiger partial charge on any atom is 0.312 e. The highest BCUT2D eigenvalue weighted by Crippen LogP contribution is 2.50. The van der Waals surface area contributed by atoms with Crippen LogP contribution >= 0.6 is 0 Å². The second kappa shape index (κ2) is 24.0. The van der Waals surface area contributed by atoms with Gasteiger partial charge in [0.25, 0.3) is 11.8 Å². The summed E-state index contributed by atoms with van der Waals surface area (Å²) in [5.74, 6) is -2.54. The second-order valence-electron chi connectivity index (χ2n) is 17.4. The summed E-state index contributed by atoms with van der Waals surface area (Å²) in [7, 11) is 0. The summed E-state index contributed by atoms with van der Waals surface area (Å²) in [6.45, 7) is 6.72. The Morgan fingerprint density at radius 1 is 0.896 bits per heavy atom. The van der Waals surface area contributed by atoms with Crippen LogP contribution in [0.1, 0.15) is 102 Å². The summed E-state index contributed by atoms with van der Waals surface area (Å²) in [6.07, 6.45) is 8.58. The molecule has 2 atom stereocenters. The van der Waals surface area contributed by atoms with Crippen molar-refractivity contribution < 1.29 is 43.5 Å². The minimum atomic E-state index is -1.04. The highest BCUT2D eigenvalue weighted by atomic mass is 16.3. The average Bonchev–Trinajstić information content (AvgIpc) is 4.07. The van der Waals surface area contributed by atoms with Crippen LogP contribution in [0.15, 0.2) is 65.2 Å². The van der Waals surface area contributed by atoms with Crippen molar-refractivity contribution in [3.05, 3.63) is 76.9 Å². The Hall–Kier alpha value is -6.89. The van der Waals surface area contributed by atoms with Crippen molar-refractivity contribution in [2.24, 2.45) is 22.4 Å². The monoisotopic (exact) mass is 924 g/mol. The number of nitrogens with zero attached hydrogens (tertiary/aromatic N) is 3. The number of rotatable bonds is 25. The standard InChI is InChI=1S/C48H64N10O9/c1-4-22-57(24-25-59)45(65)33-26-32-13-14-34(28-37(32)54-38(49)27-33)48(19-20-48)46(66)52-29-31-11-15-35(16-12-31)53-43(63)36(9-8-21-51-47(50)67)55-44(64)42(30(2)3)56-39(60)10-6-5-7-23-58-40(61)17-18-41(58)62/h11-18,26,28,30,36,42,59H,4-10,19-25,27,29H2,1-3H3,(H2,49,54)(H,52,66)(H,53,63)(H,55,64)(H,56,60)(H3,50,51,67). The summed E-state index contributed by atoms with van der Waals surface area (Å²) >= 11 is 0. The van der Waals surface area contributed by atoms with E-state index in [0.717, 1.165) is 22.4 Å². The molecule has 3 aliphatic rings. The molecule has 67 heavy (non-hydrogen) atoms. The van der Waals surface area contributed by atoms with Crippen molar-refractivity contribution in [1.82, 2.24) is 31.1 Å². The van der Waals surface area contributed by atoms with Gasteiger partial charge in [0.05, 0.1) is 17.7 Å². The summed E-state index contributed by atoms with van der Waals surface area (Å²) in [6, 6.07) is 9.77. The number of carbonyl (C=O) groups excluding carboxylic acids is 8. The molecule has 0 aromatic heterocycles. The number of hydrogen-bond donors (Lipinski definition) is 8. The molecule has 2 heterocycles. The molecule has 2 aliphatic heterocycles. The molecule has 10 N–H and O–H groups in total. The number of hydrogen-bond acceptors (Lipinski definition) is 11. The smallest absolute Gasteiger partial charge is 0.312 e. The van der Waals surface area contributed by atoms with Crippen LogP contribution in [0.5, 0.6) is 0 Å². The molecule has 1 saturated carbocycles. The maximum atomic E-state index is 13.7. The van der Waals surface area contributed by atoms with E-state index in [4.69, 9.17) is 11.5 Å². The highest BCUT2D eigenvalue weighted by Gasteiger charge is 2.51. The minimum absolute atomic E-state index is 0.121. The van der Waals surface area contributed by atoms with E-state index in [9.17, 15) is 43.5 Å². The zero-order valence-corrected chi connectivity index (χ0v) is 38.5. The van der Waals surface area contributed by atoms with Crippen LogP contribution in [-0.4, -0.2) is 113 Å². The van der Waals surface area contributed by atoms with Gasteiger partial charge in [-0.15, -0.1) is 0 Å². The number of aliphatic imine (C=N–C) groups is 1. The largest absolute Gasteiger partial charge is 0.395 e. The average molecular weight is 925 g/mol. The molecule has 19 nitrogen and oxygen atoms in total. The van der Waals surface area contributed by atoms with Gasteiger partial charge in [-0.1, -0.05) is 51.5 Å². The number of primary amides is 1. The quantitative estimate of drug-likeness (QED) is 0.0532. The molecule has 5 rings (SSSR count). The first-order valence-corrected chi connectivity index (χ1v) is 23.0. The molecule has 2 unspecified atom stereocenters. The van der Waals surface area contributed by atoms with E-state index in [0.29, 0.717) is 67.6 Å². The van der Waals surface area contributed by atoms with E-state index >= 15 is 0 Å². The molecule has 0 bridgehead atoms. The van der Waals surface area contributed by atoms with Gasteiger partial charge in [0, 0.05) is 74.5 Å². The number of unbranched alkanes of at least 4 members (excludes halogenated alkanes) is 2. The number of amidine groups is 1. The van der Waals surface area contributed by atoms with Crippen LogP contribution in [0, 0.1) is 5.92 Å². The number of aliphatic hydroxyl groups is 1. The lowest BCUT2D eigenvalue weighted by Crippen LogP contribution is -2.54.